The molecule has 1 saturated heterocycles. The van der Waals surface area contributed by atoms with Crippen LogP contribution in [0.2, 0.25) is 0 Å². The number of benzene rings is 1. The van der Waals surface area contributed by atoms with Crippen LogP contribution in [-0.4, -0.2) is 24.2 Å². The maximum absolute atomic E-state index is 5.98. The van der Waals surface area contributed by atoms with E-state index >= 15 is 0 Å². The molecule has 1 heterocycles. The van der Waals surface area contributed by atoms with Crippen LogP contribution >= 0.6 is 11.6 Å². The highest BCUT2D eigenvalue weighted by Crippen LogP contribution is 2.37. The van der Waals surface area contributed by atoms with E-state index in [-0.39, 0.29) is 12.7 Å². The fourth-order valence-corrected chi connectivity index (χ4v) is 2.12. The molecule has 1 aliphatic heterocycles. The van der Waals surface area contributed by atoms with Gasteiger partial charge in [-0.1, -0.05) is 30.3 Å². The zero-order valence-corrected chi connectivity index (χ0v) is 10.6. The van der Waals surface area contributed by atoms with Gasteiger partial charge in [-0.15, -0.1) is 11.6 Å². The molecular weight excluding hydrogens is 222 g/mol. The summed E-state index contributed by atoms with van der Waals surface area (Å²) in [6, 6.07) is 9.93. The van der Waals surface area contributed by atoms with Gasteiger partial charge in [-0.3, -0.25) is 0 Å². The Hall–Kier alpha value is -0.505. The van der Waals surface area contributed by atoms with Crippen LogP contribution in [-0.2, 0) is 9.31 Å². The second-order valence-corrected chi connectivity index (χ2v) is 5.12. The molecule has 2 rings (SSSR count). The summed E-state index contributed by atoms with van der Waals surface area (Å²) < 4.78 is 11.9. The topological polar surface area (TPSA) is 18.5 Å². The lowest BCUT2D eigenvalue weighted by Crippen LogP contribution is -2.46. The lowest BCUT2D eigenvalue weighted by atomic mass is 9.79. The second-order valence-electron chi connectivity index (χ2n) is 4.85. The van der Waals surface area contributed by atoms with E-state index in [1.807, 2.05) is 51.1 Å². The van der Waals surface area contributed by atoms with Crippen LogP contribution in [0.4, 0.5) is 0 Å². The number of halogens is 1. The normalized spacial score (nSPS) is 28.4. The van der Waals surface area contributed by atoms with Crippen molar-refractivity contribution in [1.29, 1.82) is 0 Å². The van der Waals surface area contributed by atoms with Crippen LogP contribution in [0.25, 0.3) is 0 Å². The predicted octanol–water partition coefficient (Wildman–Crippen LogP) is 2.20. The Balaban J connectivity index is 2.25. The van der Waals surface area contributed by atoms with Gasteiger partial charge in [0.2, 0.25) is 0 Å². The molecule has 0 N–H and O–H groups in total. The van der Waals surface area contributed by atoms with Crippen LogP contribution in [0, 0.1) is 0 Å². The molecular formula is C12H16BClO2. The molecule has 1 fully saturated rings. The van der Waals surface area contributed by atoms with Crippen molar-refractivity contribution in [3.05, 3.63) is 30.3 Å². The minimum absolute atomic E-state index is 0.319. The Bertz CT molecular complexity index is 369. The molecule has 1 aliphatic rings. The second kappa shape index (κ2) is 4.06. The summed E-state index contributed by atoms with van der Waals surface area (Å²) in [4.78, 5) is 0. The molecule has 2 nitrogen and oxygen atoms in total. The molecule has 0 aromatic heterocycles. The summed E-state index contributed by atoms with van der Waals surface area (Å²) in [5.41, 5.74) is 0.203. The van der Waals surface area contributed by atoms with E-state index in [1.165, 1.54) is 0 Å². The Morgan fingerprint density at radius 2 is 1.75 bits per heavy atom. The summed E-state index contributed by atoms with van der Waals surface area (Å²) in [6.07, 6.45) is 0. The van der Waals surface area contributed by atoms with E-state index < -0.39 is 5.60 Å². The van der Waals surface area contributed by atoms with Crippen molar-refractivity contribution in [1.82, 2.24) is 0 Å². The largest absolute Gasteiger partial charge is 0.494 e. The molecule has 1 atom stereocenters. The molecule has 1 aromatic rings. The third kappa shape index (κ3) is 1.88. The standard InChI is InChI=1S/C12H16BClO2/c1-11(2)12(3,9-14)16-13(15-11)10-7-5-4-6-8-10/h4-8H,9H2,1-3H3. The first-order chi connectivity index (χ1) is 7.48. The van der Waals surface area contributed by atoms with Crippen molar-refractivity contribution in [3.8, 4) is 0 Å². The third-order valence-corrected chi connectivity index (χ3v) is 3.88. The fourth-order valence-electron chi connectivity index (χ4n) is 1.73. The van der Waals surface area contributed by atoms with E-state index in [0.29, 0.717) is 5.88 Å². The summed E-state index contributed by atoms with van der Waals surface area (Å²) in [6.45, 7) is 6.01. The highest BCUT2D eigenvalue weighted by atomic mass is 35.5. The average Bonchev–Trinajstić information content (AvgIpc) is 2.52. The van der Waals surface area contributed by atoms with Crippen molar-refractivity contribution >= 4 is 24.2 Å². The molecule has 86 valence electrons. The van der Waals surface area contributed by atoms with Gasteiger partial charge in [-0.2, -0.15) is 0 Å². The molecule has 1 unspecified atom stereocenters. The van der Waals surface area contributed by atoms with Gasteiger partial charge in [0.05, 0.1) is 17.1 Å². The molecule has 4 heteroatoms. The van der Waals surface area contributed by atoms with Crippen LogP contribution in [0.15, 0.2) is 30.3 Å². The maximum Gasteiger partial charge on any atom is 0.494 e. The Labute approximate surface area is 102 Å². The van der Waals surface area contributed by atoms with Gasteiger partial charge >= 0.3 is 7.12 Å². The highest BCUT2D eigenvalue weighted by Gasteiger charge is 2.54. The predicted molar refractivity (Wildman–Crippen MR) is 67.2 cm³/mol. The highest BCUT2D eigenvalue weighted by molar-refractivity contribution is 6.62. The van der Waals surface area contributed by atoms with Gasteiger partial charge < -0.3 is 9.31 Å². The zero-order valence-electron chi connectivity index (χ0n) is 9.87. The quantitative estimate of drug-likeness (QED) is 0.581. The minimum atomic E-state index is -0.449. The fraction of sp³-hybridized carbons (Fsp3) is 0.500. The van der Waals surface area contributed by atoms with E-state index in [9.17, 15) is 0 Å². The monoisotopic (exact) mass is 238 g/mol. The average molecular weight is 239 g/mol. The number of alkyl halides is 1. The summed E-state index contributed by atoms with van der Waals surface area (Å²) in [5.74, 6) is 0.420. The molecule has 0 saturated carbocycles. The lowest BCUT2D eigenvalue weighted by molar-refractivity contribution is 0.00860. The van der Waals surface area contributed by atoms with Crippen LogP contribution in [0.5, 0.6) is 0 Å². The van der Waals surface area contributed by atoms with E-state index in [2.05, 4.69) is 0 Å². The van der Waals surface area contributed by atoms with E-state index in [4.69, 9.17) is 20.9 Å². The zero-order chi connectivity index (χ0) is 11.8. The Morgan fingerprint density at radius 1 is 1.12 bits per heavy atom. The van der Waals surface area contributed by atoms with Crippen LogP contribution < -0.4 is 5.46 Å². The van der Waals surface area contributed by atoms with Gasteiger partial charge in [0.1, 0.15) is 0 Å². The smallest absolute Gasteiger partial charge is 0.399 e. The van der Waals surface area contributed by atoms with Crippen molar-refractivity contribution in [2.24, 2.45) is 0 Å². The van der Waals surface area contributed by atoms with Gasteiger partial charge in [-0.25, -0.2) is 0 Å². The number of rotatable bonds is 2. The van der Waals surface area contributed by atoms with E-state index in [0.717, 1.165) is 5.46 Å². The molecule has 0 spiro atoms. The molecule has 0 radical (unpaired) electrons. The summed E-state index contributed by atoms with van der Waals surface area (Å²) in [5, 5.41) is 0. The van der Waals surface area contributed by atoms with Gasteiger partial charge in [-0.05, 0) is 26.2 Å². The first-order valence-electron chi connectivity index (χ1n) is 5.45. The number of hydrogen-bond donors (Lipinski definition) is 0. The molecule has 16 heavy (non-hydrogen) atoms. The SMILES string of the molecule is CC1(C)OB(c2ccccc2)OC1(C)CCl. The number of hydrogen-bond acceptors (Lipinski definition) is 2. The van der Waals surface area contributed by atoms with Crippen LogP contribution in [0.1, 0.15) is 20.8 Å². The molecule has 0 aliphatic carbocycles. The molecule has 0 amide bonds. The van der Waals surface area contributed by atoms with Crippen molar-refractivity contribution in [3.63, 3.8) is 0 Å². The first kappa shape index (κ1) is 12.0. The van der Waals surface area contributed by atoms with Gasteiger partial charge in [0, 0.05) is 0 Å². The maximum atomic E-state index is 5.98. The van der Waals surface area contributed by atoms with Crippen molar-refractivity contribution in [2.75, 3.05) is 5.88 Å². The van der Waals surface area contributed by atoms with Gasteiger partial charge in [0.25, 0.3) is 0 Å². The molecule has 0 bridgehead atoms. The Morgan fingerprint density at radius 3 is 2.25 bits per heavy atom. The Kier molecular flexibility index (Phi) is 3.04. The lowest BCUT2D eigenvalue weighted by Gasteiger charge is -2.34. The van der Waals surface area contributed by atoms with E-state index in [1.54, 1.807) is 0 Å². The van der Waals surface area contributed by atoms with Gasteiger partial charge in [0.15, 0.2) is 0 Å². The minimum Gasteiger partial charge on any atom is -0.399 e. The van der Waals surface area contributed by atoms with Crippen molar-refractivity contribution < 1.29 is 9.31 Å². The van der Waals surface area contributed by atoms with Crippen molar-refractivity contribution in [2.45, 2.75) is 32.0 Å². The van der Waals surface area contributed by atoms with Crippen LogP contribution in [0.3, 0.4) is 0 Å². The third-order valence-electron chi connectivity index (χ3n) is 3.37. The summed E-state index contributed by atoms with van der Waals surface area (Å²) in [7, 11) is -0.319. The molecule has 1 aromatic carbocycles. The first-order valence-corrected chi connectivity index (χ1v) is 5.98. The summed E-state index contributed by atoms with van der Waals surface area (Å²) >= 11 is 5.98.